The van der Waals surface area contributed by atoms with Crippen LogP contribution in [0.5, 0.6) is 5.75 Å². The zero-order chi connectivity index (χ0) is 16.7. The number of rotatable bonds is 8. The molecule has 1 fully saturated rings. The summed E-state index contributed by atoms with van der Waals surface area (Å²) < 4.78 is 18.4. The maximum atomic E-state index is 12.8. The minimum atomic E-state index is -0.239. The van der Waals surface area contributed by atoms with Gasteiger partial charge in [-0.05, 0) is 62.5 Å². The van der Waals surface area contributed by atoms with Crippen LogP contribution in [0.3, 0.4) is 0 Å². The van der Waals surface area contributed by atoms with E-state index in [1.54, 1.807) is 19.1 Å². The largest absolute Gasteiger partial charge is 0.494 e. The lowest BCUT2D eigenvalue weighted by Gasteiger charge is -2.20. The standard InChI is InChI=1S/C18H27FN2O2/c1-15(22)20(2)13-16-9-11-21(14-16)10-3-4-12-23-18-7-5-17(19)6-8-18/h5-8,16H,3-4,9-14H2,1-2H3. The van der Waals surface area contributed by atoms with Crippen molar-refractivity contribution < 1.29 is 13.9 Å². The third kappa shape index (κ3) is 6.18. The maximum Gasteiger partial charge on any atom is 0.219 e. The lowest BCUT2D eigenvalue weighted by Crippen LogP contribution is -2.31. The number of carbonyl (C=O) groups is 1. The third-order valence-electron chi connectivity index (χ3n) is 4.39. The van der Waals surface area contributed by atoms with Gasteiger partial charge in [-0.15, -0.1) is 0 Å². The first-order valence-electron chi connectivity index (χ1n) is 8.37. The molecule has 128 valence electrons. The Hall–Kier alpha value is -1.62. The number of benzene rings is 1. The summed E-state index contributed by atoms with van der Waals surface area (Å²) in [5.41, 5.74) is 0. The van der Waals surface area contributed by atoms with Crippen molar-refractivity contribution in [2.24, 2.45) is 5.92 Å². The second-order valence-electron chi connectivity index (χ2n) is 6.36. The fraction of sp³-hybridized carbons (Fsp3) is 0.611. The van der Waals surface area contributed by atoms with Gasteiger partial charge in [0.15, 0.2) is 0 Å². The molecule has 1 saturated heterocycles. The molecular formula is C18H27FN2O2. The van der Waals surface area contributed by atoms with Crippen LogP contribution in [0.1, 0.15) is 26.2 Å². The summed E-state index contributed by atoms with van der Waals surface area (Å²) >= 11 is 0. The minimum absolute atomic E-state index is 0.140. The molecule has 0 radical (unpaired) electrons. The molecule has 1 aliphatic heterocycles. The van der Waals surface area contributed by atoms with Gasteiger partial charge < -0.3 is 14.5 Å². The van der Waals surface area contributed by atoms with Crippen molar-refractivity contribution in [3.63, 3.8) is 0 Å². The van der Waals surface area contributed by atoms with E-state index >= 15 is 0 Å². The van der Waals surface area contributed by atoms with Crippen LogP contribution in [0.15, 0.2) is 24.3 Å². The Morgan fingerprint density at radius 3 is 2.78 bits per heavy atom. The Bertz CT molecular complexity index is 492. The summed E-state index contributed by atoms with van der Waals surface area (Å²) in [4.78, 5) is 15.5. The van der Waals surface area contributed by atoms with Gasteiger partial charge in [-0.2, -0.15) is 0 Å². The Balaban J connectivity index is 1.55. The lowest BCUT2D eigenvalue weighted by molar-refractivity contribution is -0.128. The molecular weight excluding hydrogens is 295 g/mol. The molecule has 4 nitrogen and oxygen atoms in total. The van der Waals surface area contributed by atoms with Crippen LogP contribution in [0.2, 0.25) is 0 Å². The quantitative estimate of drug-likeness (QED) is 0.690. The van der Waals surface area contributed by atoms with Gasteiger partial charge in [0.1, 0.15) is 11.6 Å². The molecule has 0 bridgehead atoms. The predicted molar refractivity (Wildman–Crippen MR) is 89.0 cm³/mol. The van der Waals surface area contributed by atoms with E-state index in [2.05, 4.69) is 4.90 Å². The van der Waals surface area contributed by atoms with Crippen molar-refractivity contribution >= 4 is 5.91 Å². The molecule has 2 rings (SSSR count). The van der Waals surface area contributed by atoms with Gasteiger partial charge >= 0.3 is 0 Å². The first-order chi connectivity index (χ1) is 11.0. The normalized spacial score (nSPS) is 18.1. The Labute approximate surface area is 138 Å². The molecule has 5 heteroatoms. The average Bonchev–Trinajstić information content (AvgIpc) is 2.96. The first kappa shape index (κ1) is 17.7. The number of hydrogen-bond acceptors (Lipinski definition) is 3. The number of amides is 1. The highest BCUT2D eigenvalue weighted by atomic mass is 19.1. The van der Waals surface area contributed by atoms with Crippen LogP contribution in [0, 0.1) is 11.7 Å². The van der Waals surface area contributed by atoms with Gasteiger partial charge in [0.05, 0.1) is 6.61 Å². The van der Waals surface area contributed by atoms with Crippen LogP contribution in [-0.4, -0.2) is 55.5 Å². The molecule has 1 heterocycles. The van der Waals surface area contributed by atoms with Crippen LogP contribution in [-0.2, 0) is 4.79 Å². The van der Waals surface area contributed by atoms with E-state index in [1.807, 2.05) is 11.9 Å². The summed E-state index contributed by atoms with van der Waals surface area (Å²) in [7, 11) is 1.87. The van der Waals surface area contributed by atoms with Gasteiger partial charge in [0.25, 0.3) is 0 Å². The van der Waals surface area contributed by atoms with Gasteiger partial charge in [0, 0.05) is 27.1 Å². The van der Waals surface area contributed by atoms with Gasteiger partial charge in [-0.1, -0.05) is 0 Å². The van der Waals surface area contributed by atoms with Crippen molar-refractivity contribution in [3.05, 3.63) is 30.1 Å². The number of likely N-dealkylation sites (tertiary alicyclic amines) is 1. The SMILES string of the molecule is CC(=O)N(C)CC1CCN(CCCCOc2ccc(F)cc2)C1. The summed E-state index contributed by atoms with van der Waals surface area (Å²) in [5.74, 6) is 1.22. The Kier molecular flexibility index (Phi) is 6.84. The van der Waals surface area contributed by atoms with E-state index in [4.69, 9.17) is 4.74 Å². The molecule has 0 saturated carbocycles. The highest BCUT2D eigenvalue weighted by molar-refractivity contribution is 5.72. The zero-order valence-electron chi connectivity index (χ0n) is 14.1. The van der Waals surface area contributed by atoms with Gasteiger partial charge in [0.2, 0.25) is 5.91 Å². The molecule has 0 spiro atoms. The van der Waals surface area contributed by atoms with E-state index in [0.717, 1.165) is 44.8 Å². The smallest absolute Gasteiger partial charge is 0.219 e. The number of halogens is 1. The van der Waals surface area contributed by atoms with Crippen LogP contribution < -0.4 is 4.74 Å². The van der Waals surface area contributed by atoms with E-state index in [0.29, 0.717) is 12.5 Å². The van der Waals surface area contributed by atoms with Crippen molar-refractivity contribution in [2.45, 2.75) is 26.2 Å². The number of nitrogens with zero attached hydrogens (tertiary/aromatic N) is 2. The zero-order valence-corrected chi connectivity index (χ0v) is 14.1. The third-order valence-corrected chi connectivity index (χ3v) is 4.39. The van der Waals surface area contributed by atoms with Crippen LogP contribution in [0.4, 0.5) is 4.39 Å². The number of carbonyl (C=O) groups excluding carboxylic acids is 1. The van der Waals surface area contributed by atoms with Crippen LogP contribution in [0.25, 0.3) is 0 Å². The van der Waals surface area contributed by atoms with E-state index < -0.39 is 0 Å². The average molecular weight is 322 g/mol. The molecule has 1 aliphatic rings. The van der Waals surface area contributed by atoms with Crippen molar-refractivity contribution in [1.29, 1.82) is 0 Å². The second kappa shape index (κ2) is 8.87. The van der Waals surface area contributed by atoms with Gasteiger partial charge in [-0.25, -0.2) is 4.39 Å². The number of hydrogen-bond donors (Lipinski definition) is 0. The molecule has 0 aromatic heterocycles. The van der Waals surface area contributed by atoms with Crippen molar-refractivity contribution in [2.75, 3.05) is 39.8 Å². The topological polar surface area (TPSA) is 32.8 Å². The molecule has 1 aromatic carbocycles. The first-order valence-corrected chi connectivity index (χ1v) is 8.37. The molecule has 23 heavy (non-hydrogen) atoms. The highest BCUT2D eigenvalue weighted by Gasteiger charge is 2.23. The minimum Gasteiger partial charge on any atom is -0.494 e. The molecule has 1 amide bonds. The summed E-state index contributed by atoms with van der Waals surface area (Å²) in [5, 5.41) is 0. The number of ether oxygens (including phenoxy) is 1. The maximum absolute atomic E-state index is 12.8. The molecule has 1 aromatic rings. The van der Waals surface area contributed by atoms with Crippen molar-refractivity contribution in [3.8, 4) is 5.75 Å². The predicted octanol–water partition coefficient (Wildman–Crippen LogP) is 2.78. The lowest BCUT2D eigenvalue weighted by atomic mass is 10.1. The molecule has 0 N–H and O–H groups in total. The Morgan fingerprint density at radius 1 is 1.35 bits per heavy atom. The summed E-state index contributed by atoms with van der Waals surface area (Å²) in [6, 6.07) is 6.15. The highest BCUT2D eigenvalue weighted by Crippen LogP contribution is 2.18. The molecule has 1 atom stereocenters. The van der Waals surface area contributed by atoms with Crippen LogP contribution >= 0.6 is 0 Å². The molecule has 0 aliphatic carbocycles. The monoisotopic (exact) mass is 322 g/mol. The van der Waals surface area contributed by atoms with E-state index in [-0.39, 0.29) is 11.7 Å². The fourth-order valence-corrected chi connectivity index (χ4v) is 2.94. The molecule has 1 unspecified atom stereocenters. The van der Waals surface area contributed by atoms with E-state index in [9.17, 15) is 9.18 Å². The second-order valence-corrected chi connectivity index (χ2v) is 6.36. The summed E-state index contributed by atoms with van der Waals surface area (Å²) in [6.07, 6.45) is 3.26. The fourth-order valence-electron chi connectivity index (χ4n) is 2.94. The summed E-state index contributed by atoms with van der Waals surface area (Å²) in [6.45, 7) is 6.42. The Morgan fingerprint density at radius 2 is 2.09 bits per heavy atom. The van der Waals surface area contributed by atoms with Crippen molar-refractivity contribution in [1.82, 2.24) is 9.80 Å². The van der Waals surface area contributed by atoms with E-state index in [1.165, 1.54) is 18.6 Å². The number of unbranched alkanes of at least 4 members (excludes halogenated alkanes) is 1. The van der Waals surface area contributed by atoms with Gasteiger partial charge in [-0.3, -0.25) is 4.79 Å².